The van der Waals surface area contributed by atoms with Gasteiger partial charge < -0.3 is 14.8 Å². The van der Waals surface area contributed by atoms with Crippen LogP contribution in [0.25, 0.3) is 10.8 Å². The van der Waals surface area contributed by atoms with Crippen molar-refractivity contribution < 1.29 is 19.1 Å². The molecule has 1 unspecified atom stereocenters. The van der Waals surface area contributed by atoms with Gasteiger partial charge in [-0.15, -0.1) is 0 Å². The first kappa shape index (κ1) is 21.1. The molecule has 160 valence electrons. The predicted molar refractivity (Wildman–Crippen MR) is 124 cm³/mol. The van der Waals surface area contributed by atoms with Gasteiger partial charge in [-0.1, -0.05) is 78.9 Å². The third-order valence-corrected chi connectivity index (χ3v) is 5.02. The molecule has 5 heteroatoms. The van der Waals surface area contributed by atoms with Crippen molar-refractivity contribution in [2.24, 2.45) is 0 Å². The fraction of sp³-hybridized carbons (Fsp3) is 0.111. The van der Waals surface area contributed by atoms with Crippen LogP contribution < -0.4 is 14.8 Å². The van der Waals surface area contributed by atoms with Gasteiger partial charge in [-0.05, 0) is 34.5 Å². The van der Waals surface area contributed by atoms with Gasteiger partial charge in [0.15, 0.2) is 6.61 Å². The number of ether oxygens (including phenoxy) is 2. The first-order valence-corrected chi connectivity index (χ1v) is 10.3. The van der Waals surface area contributed by atoms with Crippen LogP contribution in [-0.2, 0) is 9.59 Å². The Morgan fingerprint density at radius 2 is 1.47 bits per heavy atom. The smallest absolute Gasteiger partial charge is 0.349 e. The largest absolute Gasteiger partial charge is 0.482 e. The fourth-order valence-corrected chi connectivity index (χ4v) is 3.64. The fourth-order valence-electron chi connectivity index (χ4n) is 3.64. The molecule has 1 N–H and O–H groups in total. The maximum Gasteiger partial charge on any atom is 0.349 e. The van der Waals surface area contributed by atoms with Gasteiger partial charge in [-0.2, -0.15) is 0 Å². The van der Waals surface area contributed by atoms with E-state index in [1.54, 1.807) is 18.2 Å². The minimum atomic E-state index is -0.528. The van der Waals surface area contributed by atoms with Crippen molar-refractivity contribution in [3.8, 4) is 11.5 Å². The van der Waals surface area contributed by atoms with Crippen molar-refractivity contribution in [2.75, 3.05) is 6.61 Å². The van der Waals surface area contributed by atoms with Gasteiger partial charge in [0.25, 0.3) is 0 Å². The number of fused-ring (bicyclic) bond motifs is 1. The molecule has 32 heavy (non-hydrogen) atoms. The van der Waals surface area contributed by atoms with E-state index in [1.165, 1.54) is 6.92 Å². The quantitative estimate of drug-likeness (QED) is 0.332. The summed E-state index contributed by atoms with van der Waals surface area (Å²) in [6.07, 6.45) is 0. The summed E-state index contributed by atoms with van der Waals surface area (Å²) >= 11 is 0. The highest BCUT2D eigenvalue weighted by atomic mass is 16.6. The first-order valence-electron chi connectivity index (χ1n) is 10.3. The Balaban J connectivity index is 1.71. The van der Waals surface area contributed by atoms with Crippen LogP contribution in [0.2, 0.25) is 0 Å². The molecule has 0 aliphatic heterocycles. The normalized spacial score (nSPS) is 11.5. The second kappa shape index (κ2) is 9.79. The zero-order chi connectivity index (χ0) is 22.3. The Bertz CT molecular complexity index is 1220. The predicted octanol–water partition coefficient (Wildman–Crippen LogP) is 5.05. The molecule has 4 rings (SSSR count). The van der Waals surface area contributed by atoms with Crippen molar-refractivity contribution in [3.63, 3.8) is 0 Å². The SMILES string of the molecule is CC(=O)NC(c1ccccc1)c1c(OC(=O)COc2ccccc2)ccc2ccccc12. The van der Waals surface area contributed by atoms with Crippen LogP contribution in [0.1, 0.15) is 24.1 Å². The number of nitrogens with one attached hydrogen (secondary N) is 1. The van der Waals surface area contributed by atoms with E-state index < -0.39 is 12.0 Å². The second-order valence-corrected chi connectivity index (χ2v) is 7.32. The van der Waals surface area contributed by atoms with Crippen LogP contribution in [0.4, 0.5) is 0 Å². The van der Waals surface area contributed by atoms with Gasteiger partial charge in [0.2, 0.25) is 5.91 Å². The highest BCUT2D eigenvalue weighted by Gasteiger charge is 2.23. The molecule has 0 fully saturated rings. The molecule has 4 aromatic rings. The number of esters is 1. The lowest BCUT2D eigenvalue weighted by atomic mass is 9.92. The van der Waals surface area contributed by atoms with E-state index in [4.69, 9.17) is 9.47 Å². The Kier molecular flexibility index (Phi) is 6.46. The summed E-state index contributed by atoms with van der Waals surface area (Å²) in [5, 5.41) is 4.89. The number of hydrogen-bond acceptors (Lipinski definition) is 4. The second-order valence-electron chi connectivity index (χ2n) is 7.32. The van der Waals surface area contributed by atoms with Gasteiger partial charge in [-0.25, -0.2) is 4.79 Å². The van der Waals surface area contributed by atoms with Crippen LogP contribution in [0.3, 0.4) is 0 Å². The minimum Gasteiger partial charge on any atom is -0.482 e. The van der Waals surface area contributed by atoms with E-state index >= 15 is 0 Å². The van der Waals surface area contributed by atoms with Crippen molar-refractivity contribution in [1.82, 2.24) is 5.32 Å². The van der Waals surface area contributed by atoms with Crippen LogP contribution in [0.5, 0.6) is 11.5 Å². The average molecular weight is 425 g/mol. The average Bonchev–Trinajstić information content (AvgIpc) is 2.82. The Morgan fingerprint density at radius 3 is 2.19 bits per heavy atom. The summed E-state index contributed by atoms with van der Waals surface area (Å²) < 4.78 is 11.3. The summed E-state index contributed by atoms with van der Waals surface area (Å²) in [6.45, 7) is 1.24. The lowest BCUT2D eigenvalue weighted by Crippen LogP contribution is -2.28. The van der Waals surface area contributed by atoms with E-state index in [-0.39, 0.29) is 12.5 Å². The van der Waals surface area contributed by atoms with Gasteiger partial charge in [0.1, 0.15) is 11.5 Å². The van der Waals surface area contributed by atoms with E-state index in [1.807, 2.05) is 78.9 Å². The zero-order valence-corrected chi connectivity index (χ0v) is 17.7. The van der Waals surface area contributed by atoms with Crippen molar-refractivity contribution >= 4 is 22.6 Å². The molecule has 1 atom stereocenters. The highest BCUT2D eigenvalue weighted by Crippen LogP contribution is 2.36. The van der Waals surface area contributed by atoms with Crippen molar-refractivity contribution in [3.05, 3.63) is 108 Å². The van der Waals surface area contributed by atoms with Crippen LogP contribution >= 0.6 is 0 Å². The molecule has 0 aliphatic rings. The monoisotopic (exact) mass is 425 g/mol. The van der Waals surface area contributed by atoms with Gasteiger partial charge >= 0.3 is 5.97 Å². The number of carbonyl (C=O) groups is 2. The number of amides is 1. The molecule has 0 heterocycles. The van der Waals surface area contributed by atoms with E-state index in [0.29, 0.717) is 11.5 Å². The van der Waals surface area contributed by atoms with Crippen molar-refractivity contribution in [2.45, 2.75) is 13.0 Å². The molecule has 0 aliphatic carbocycles. The summed E-state index contributed by atoms with van der Waals surface area (Å²) in [5.74, 6) is 0.257. The molecule has 4 aromatic carbocycles. The number of carbonyl (C=O) groups excluding carboxylic acids is 2. The van der Waals surface area contributed by atoms with Crippen molar-refractivity contribution in [1.29, 1.82) is 0 Å². The summed E-state index contributed by atoms with van der Waals surface area (Å²) in [6, 6.07) is 29.7. The van der Waals surface area contributed by atoms with Gasteiger partial charge in [0, 0.05) is 12.5 Å². The summed E-state index contributed by atoms with van der Waals surface area (Å²) in [4.78, 5) is 24.7. The zero-order valence-electron chi connectivity index (χ0n) is 17.7. The van der Waals surface area contributed by atoms with Gasteiger partial charge in [0.05, 0.1) is 6.04 Å². The van der Waals surface area contributed by atoms with E-state index in [9.17, 15) is 9.59 Å². The summed E-state index contributed by atoms with van der Waals surface area (Å²) in [7, 11) is 0. The Hall–Kier alpha value is -4.12. The van der Waals surface area contributed by atoms with E-state index in [0.717, 1.165) is 21.9 Å². The molecule has 5 nitrogen and oxygen atoms in total. The minimum absolute atomic E-state index is 0.184. The number of para-hydroxylation sites is 1. The van der Waals surface area contributed by atoms with Crippen LogP contribution in [0, 0.1) is 0 Å². The standard InChI is InChI=1S/C27H23NO4/c1-19(29)28-27(21-11-4-2-5-12-21)26-23-15-9-8-10-20(23)16-17-24(26)32-25(30)18-31-22-13-6-3-7-14-22/h2-17,27H,18H2,1H3,(H,28,29). The number of hydrogen-bond donors (Lipinski definition) is 1. The van der Waals surface area contributed by atoms with Crippen LogP contribution in [-0.4, -0.2) is 18.5 Å². The molecule has 0 bridgehead atoms. The molecule has 0 radical (unpaired) electrons. The molecule has 0 saturated heterocycles. The lowest BCUT2D eigenvalue weighted by Gasteiger charge is -2.23. The molecular formula is C27H23NO4. The third kappa shape index (κ3) is 4.95. The Morgan fingerprint density at radius 1 is 0.812 bits per heavy atom. The number of rotatable bonds is 7. The summed E-state index contributed by atoms with van der Waals surface area (Å²) in [5.41, 5.74) is 1.61. The molecular weight excluding hydrogens is 402 g/mol. The molecule has 0 aromatic heterocycles. The maximum atomic E-state index is 12.6. The molecule has 1 amide bonds. The molecule has 0 spiro atoms. The lowest BCUT2D eigenvalue weighted by molar-refractivity contribution is -0.136. The number of benzene rings is 4. The maximum absolute atomic E-state index is 12.6. The topological polar surface area (TPSA) is 64.6 Å². The molecule has 0 saturated carbocycles. The van der Waals surface area contributed by atoms with E-state index in [2.05, 4.69) is 5.32 Å². The first-order chi connectivity index (χ1) is 15.6. The van der Waals surface area contributed by atoms with Crippen LogP contribution in [0.15, 0.2) is 97.1 Å². The van der Waals surface area contributed by atoms with Gasteiger partial charge in [-0.3, -0.25) is 4.79 Å². The highest BCUT2D eigenvalue weighted by molar-refractivity contribution is 5.90. The third-order valence-electron chi connectivity index (χ3n) is 5.02. The Labute approximate surface area is 186 Å².